The van der Waals surface area contributed by atoms with Gasteiger partial charge in [-0.1, -0.05) is 6.92 Å². The van der Waals surface area contributed by atoms with E-state index >= 15 is 0 Å². The summed E-state index contributed by atoms with van der Waals surface area (Å²) in [5.41, 5.74) is 1.58. The van der Waals surface area contributed by atoms with Crippen molar-refractivity contribution in [3.8, 4) is 5.69 Å². The average molecular weight is 329 g/mol. The zero-order valence-corrected chi connectivity index (χ0v) is 13.8. The van der Waals surface area contributed by atoms with Gasteiger partial charge in [0.2, 0.25) is 0 Å². The molecule has 0 unspecified atom stereocenters. The molecule has 126 valence electrons. The second-order valence-corrected chi connectivity index (χ2v) is 4.81. The van der Waals surface area contributed by atoms with Gasteiger partial charge < -0.3 is 19.4 Å². The van der Waals surface area contributed by atoms with Crippen molar-refractivity contribution >= 4 is 17.6 Å². The quantitative estimate of drug-likeness (QED) is 0.645. The molecule has 0 saturated carbocycles. The number of aromatic nitrogens is 2. The van der Waals surface area contributed by atoms with Crippen LogP contribution in [-0.4, -0.2) is 35.7 Å². The van der Waals surface area contributed by atoms with Gasteiger partial charge in [0.15, 0.2) is 0 Å². The first-order valence-corrected chi connectivity index (χ1v) is 7.36. The zero-order chi connectivity index (χ0) is 17.5. The van der Waals surface area contributed by atoms with E-state index in [0.29, 0.717) is 5.69 Å². The molecule has 1 N–H and O–H groups in total. The van der Waals surface area contributed by atoms with Crippen LogP contribution in [0.1, 0.15) is 12.7 Å². The molecule has 2 rings (SSSR count). The van der Waals surface area contributed by atoms with Crippen molar-refractivity contribution in [2.75, 3.05) is 19.5 Å². The Hall–Kier alpha value is -3.09. The molecule has 7 nitrogen and oxygen atoms in total. The lowest BCUT2D eigenvalue weighted by atomic mass is 10.2. The number of imidazole rings is 1. The third-order valence-corrected chi connectivity index (χ3v) is 3.33. The molecule has 1 aromatic heterocycles. The number of ether oxygens (including phenoxy) is 2. The summed E-state index contributed by atoms with van der Waals surface area (Å²) in [7, 11) is 2.47. The summed E-state index contributed by atoms with van der Waals surface area (Å²) in [5, 5.41) is 2.86. The molecule has 2 aromatic rings. The van der Waals surface area contributed by atoms with E-state index in [9.17, 15) is 9.59 Å². The van der Waals surface area contributed by atoms with Crippen LogP contribution >= 0.6 is 0 Å². The van der Waals surface area contributed by atoms with E-state index in [1.165, 1.54) is 14.2 Å². The average Bonchev–Trinajstić information content (AvgIpc) is 3.09. The Bertz CT molecular complexity index is 747. The van der Waals surface area contributed by atoms with E-state index in [1.807, 2.05) is 29.8 Å². The number of hydrogen-bond donors (Lipinski definition) is 1. The Morgan fingerprint density at radius 2 is 1.92 bits per heavy atom. The highest BCUT2D eigenvalue weighted by molar-refractivity contribution is 5.98. The Labute approximate surface area is 139 Å². The largest absolute Gasteiger partial charge is 0.466 e. The molecule has 0 atom stereocenters. The van der Waals surface area contributed by atoms with Crippen LogP contribution in [0, 0.1) is 0 Å². The Morgan fingerprint density at radius 1 is 1.21 bits per heavy atom. The minimum absolute atomic E-state index is 0.00558. The molecular weight excluding hydrogens is 310 g/mol. The second-order valence-electron chi connectivity index (χ2n) is 4.81. The number of esters is 2. The van der Waals surface area contributed by atoms with Gasteiger partial charge in [0.25, 0.3) is 0 Å². The van der Waals surface area contributed by atoms with Gasteiger partial charge >= 0.3 is 11.9 Å². The van der Waals surface area contributed by atoms with Crippen LogP contribution in [0.15, 0.2) is 48.4 Å². The van der Waals surface area contributed by atoms with Crippen molar-refractivity contribution < 1.29 is 19.1 Å². The Kier molecular flexibility index (Phi) is 5.73. The lowest BCUT2D eigenvalue weighted by Gasteiger charge is -2.11. The second kappa shape index (κ2) is 7.96. The van der Waals surface area contributed by atoms with Crippen LogP contribution in [0.4, 0.5) is 5.69 Å². The van der Waals surface area contributed by atoms with Crippen molar-refractivity contribution in [2.24, 2.45) is 0 Å². The normalized spacial score (nSPS) is 11.0. The Morgan fingerprint density at radius 3 is 2.50 bits per heavy atom. The summed E-state index contributed by atoms with van der Waals surface area (Å²) in [4.78, 5) is 27.4. The fourth-order valence-corrected chi connectivity index (χ4v) is 2.12. The van der Waals surface area contributed by atoms with Gasteiger partial charge in [-0.2, -0.15) is 0 Å². The molecule has 0 fully saturated rings. The fraction of sp³-hybridized carbons (Fsp3) is 0.235. The number of benzene rings is 1. The number of nitrogens with zero attached hydrogens (tertiary/aromatic N) is 2. The highest BCUT2D eigenvalue weighted by Crippen LogP contribution is 2.17. The summed E-state index contributed by atoms with van der Waals surface area (Å²) in [6.07, 6.45) is 5.50. The lowest BCUT2D eigenvalue weighted by Crippen LogP contribution is -2.15. The summed E-state index contributed by atoms with van der Waals surface area (Å²) in [6.45, 7) is 2.04. The number of methoxy groups -OCH3 is 2. The van der Waals surface area contributed by atoms with Crippen molar-refractivity contribution in [2.45, 2.75) is 13.3 Å². The molecule has 7 heteroatoms. The van der Waals surface area contributed by atoms with Crippen molar-refractivity contribution in [3.05, 3.63) is 54.3 Å². The molecule has 0 bridgehead atoms. The number of aryl methyl sites for hydroxylation is 1. The summed E-state index contributed by atoms with van der Waals surface area (Å²) >= 11 is 0. The van der Waals surface area contributed by atoms with E-state index in [0.717, 1.165) is 24.0 Å². The van der Waals surface area contributed by atoms with E-state index < -0.39 is 11.9 Å². The van der Waals surface area contributed by atoms with Gasteiger partial charge in [-0.15, -0.1) is 0 Å². The van der Waals surface area contributed by atoms with Crippen molar-refractivity contribution in [1.82, 2.24) is 9.55 Å². The summed E-state index contributed by atoms with van der Waals surface area (Å²) < 4.78 is 11.2. The minimum atomic E-state index is -0.660. The van der Waals surface area contributed by atoms with Crippen LogP contribution in [-0.2, 0) is 25.5 Å². The summed E-state index contributed by atoms with van der Waals surface area (Å²) in [5.74, 6) is -0.352. The molecule has 0 saturated heterocycles. The molecule has 1 aromatic carbocycles. The topological polar surface area (TPSA) is 82.5 Å². The number of rotatable bonds is 6. The molecule has 0 aliphatic rings. The molecule has 0 radical (unpaired) electrons. The van der Waals surface area contributed by atoms with Gasteiger partial charge in [0.1, 0.15) is 11.5 Å². The van der Waals surface area contributed by atoms with Gasteiger partial charge in [-0.3, -0.25) is 0 Å². The molecule has 1 heterocycles. The SMILES string of the molecule is CCc1nccn1-c1ccc(N/C(=C/C(=O)OC)C(=O)OC)cc1. The van der Waals surface area contributed by atoms with Gasteiger partial charge in [-0.25, -0.2) is 14.6 Å². The van der Waals surface area contributed by atoms with Crippen LogP contribution in [0.2, 0.25) is 0 Å². The molecule has 0 aliphatic carbocycles. The smallest absolute Gasteiger partial charge is 0.354 e. The maximum atomic E-state index is 11.7. The predicted molar refractivity (Wildman–Crippen MR) is 88.7 cm³/mol. The predicted octanol–water partition coefficient (Wildman–Crippen LogP) is 2.08. The van der Waals surface area contributed by atoms with E-state index in [1.54, 1.807) is 18.3 Å². The van der Waals surface area contributed by atoms with Gasteiger partial charge in [0.05, 0.1) is 20.3 Å². The van der Waals surface area contributed by atoms with Crippen LogP contribution in [0.3, 0.4) is 0 Å². The van der Waals surface area contributed by atoms with Gasteiger partial charge in [-0.05, 0) is 24.3 Å². The van der Waals surface area contributed by atoms with Crippen LogP contribution in [0.5, 0.6) is 0 Å². The zero-order valence-electron chi connectivity index (χ0n) is 13.8. The van der Waals surface area contributed by atoms with E-state index in [-0.39, 0.29) is 5.70 Å². The first-order valence-electron chi connectivity index (χ1n) is 7.36. The molecule has 0 amide bonds. The lowest BCUT2D eigenvalue weighted by molar-refractivity contribution is -0.138. The third-order valence-electron chi connectivity index (χ3n) is 3.33. The highest BCUT2D eigenvalue weighted by atomic mass is 16.5. The number of nitrogens with one attached hydrogen (secondary N) is 1. The van der Waals surface area contributed by atoms with Crippen molar-refractivity contribution in [3.63, 3.8) is 0 Å². The standard InChI is InChI=1S/C17H19N3O4/c1-4-15-18-9-10-20(15)13-7-5-12(6-8-13)19-14(17(22)24-3)11-16(21)23-2/h5-11,19H,4H2,1-3H3/b14-11+. The maximum Gasteiger partial charge on any atom is 0.354 e. The molecular formula is C17H19N3O4. The number of carbonyl (C=O) groups excluding carboxylic acids is 2. The number of hydrogen-bond acceptors (Lipinski definition) is 6. The van der Waals surface area contributed by atoms with Crippen LogP contribution in [0.25, 0.3) is 5.69 Å². The van der Waals surface area contributed by atoms with E-state index in [2.05, 4.69) is 19.8 Å². The van der Waals surface area contributed by atoms with Crippen LogP contribution < -0.4 is 5.32 Å². The number of anilines is 1. The Balaban J connectivity index is 2.22. The maximum absolute atomic E-state index is 11.7. The minimum Gasteiger partial charge on any atom is -0.466 e. The van der Waals surface area contributed by atoms with Gasteiger partial charge in [0, 0.05) is 30.2 Å². The third kappa shape index (κ3) is 4.01. The fourth-order valence-electron chi connectivity index (χ4n) is 2.12. The molecule has 24 heavy (non-hydrogen) atoms. The van der Waals surface area contributed by atoms with Crippen molar-refractivity contribution in [1.29, 1.82) is 0 Å². The molecule has 0 spiro atoms. The monoisotopic (exact) mass is 329 g/mol. The number of carbonyl (C=O) groups is 2. The first-order chi connectivity index (χ1) is 11.6. The summed E-state index contributed by atoms with van der Waals surface area (Å²) in [6, 6.07) is 7.36. The molecule has 0 aliphatic heterocycles. The highest BCUT2D eigenvalue weighted by Gasteiger charge is 2.13. The van der Waals surface area contributed by atoms with E-state index in [4.69, 9.17) is 0 Å². The first kappa shape index (κ1) is 17.3.